The third-order valence-electron chi connectivity index (χ3n) is 4.64. The number of aryl methyl sites for hydroxylation is 1. The van der Waals surface area contributed by atoms with Crippen LogP contribution in [0.25, 0.3) is 11.5 Å². The van der Waals surface area contributed by atoms with Crippen molar-refractivity contribution in [3.8, 4) is 11.5 Å². The maximum Gasteiger partial charge on any atom is 0.257 e. The molecule has 0 saturated heterocycles. The molecule has 0 aliphatic carbocycles. The molecule has 1 aliphatic heterocycles. The number of rotatable bonds is 3. The van der Waals surface area contributed by atoms with Crippen LogP contribution in [0.2, 0.25) is 0 Å². The number of fused-ring (bicyclic) bond motifs is 1. The number of hydrogen-bond donors (Lipinski definition) is 0. The first kappa shape index (κ1) is 15.6. The van der Waals surface area contributed by atoms with E-state index in [2.05, 4.69) is 29.1 Å². The lowest BCUT2D eigenvalue weighted by molar-refractivity contribution is 0.0733. The summed E-state index contributed by atoms with van der Waals surface area (Å²) in [6.07, 6.45) is 5.48. The van der Waals surface area contributed by atoms with Crippen molar-refractivity contribution in [1.82, 2.24) is 29.4 Å². The van der Waals surface area contributed by atoms with Gasteiger partial charge in [-0.3, -0.25) is 9.48 Å². The number of furan rings is 1. The lowest BCUT2D eigenvalue weighted by atomic mass is 10.0. The van der Waals surface area contributed by atoms with E-state index in [1.54, 1.807) is 12.4 Å². The second kappa shape index (κ2) is 5.87. The Kier molecular flexibility index (Phi) is 3.67. The zero-order valence-electron chi connectivity index (χ0n) is 14.5. The van der Waals surface area contributed by atoms with E-state index in [1.807, 2.05) is 21.2 Å². The van der Waals surface area contributed by atoms with Crippen molar-refractivity contribution in [3.05, 3.63) is 41.7 Å². The largest absolute Gasteiger partial charge is 0.472 e. The fourth-order valence-electron chi connectivity index (χ4n) is 3.30. The molecule has 25 heavy (non-hydrogen) atoms. The molecule has 1 aliphatic rings. The quantitative estimate of drug-likeness (QED) is 0.729. The van der Waals surface area contributed by atoms with Gasteiger partial charge in [-0.25, -0.2) is 0 Å². The first-order valence-electron chi connectivity index (χ1n) is 8.32. The van der Waals surface area contributed by atoms with Gasteiger partial charge in [-0.15, -0.1) is 10.2 Å². The zero-order chi connectivity index (χ0) is 17.6. The van der Waals surface area contributed by atoms with Gasteiger partial charge in [0.1, 0.15) is 18.3 Å². The first-order valence-corrected chi connectivity index (χ1v) is 8.32. The molecule has 0 atom stereocenters. The lowest BCUT2D eigenvalue weighted by Crippen LogP contribution is -2.36. The molecule has 0 bridgehead atoms. The second-order valence-corrected chi connectivity index (χ2v) is 6.54. The number of aromatic nitrogens is 5. The Morgan fingerprint density at radius 1 is 1.36 bits per heavy atom. The summed E-state index contributed by atoms with van der Waals surface area (Å²) < 4.78 is 8.93. The molecule has 0 fully saturated rings. The smallest absolute Gasteiger partial charge is 0.257 e. The summed E-state index contributed by atoms with van der Waals surface area (Å²) in [6.45, 7) is 5.33. The molecular weight excluding hydrogens is 320 g/mol. The molecule has 130 valence electrons. The predicted octanol–water partition coefficient (Wildman–Crippen LogP) is 2.05. The molecule has 3 aromatic heterocycles. The number of hydrogen-bond acceptors (Lipinski definition) is 5. The molecule has 8 heteroatoms. The molecule has 0 spiro atoms. The third-order valence-corrected chi connectivity index (χ3v) is 4.64. The minimum atomic E-state index is -0.0282. The van der Waals surface area contributed by atoms with Gasteiger partial charge in [0.05, 0.1) is 18.4 Å². The van der Waals surface area contributed by atoms with Crippen LogP contribution in [0.15, 0.2) is 29.3 Å². The van der Waals surface area contributed by atoms with Crippen LogP contribution < -0.4 is 0 Å². The van der Waals surface area contributed by atoms with Gasteiger partial charge in [0.25, 0.3) is 5.91 Å². The van der Waals surface area contributed by atoms with Gasteiger partial charge in [-0.05, 0) is 19.9 Å². The number of nitrogens with zero attached hydrogens (tertiary/aromatic N) is 6. The Hall–Kier alpha value is -2.90. The van der Waals surface area contributed by atoms with E-state index in [9.17, 15) is 4.79 Å². The standard InChI is InChI=1S/C17H20N6O2/c1-11(2)23-10-18-19-16(23)15-13-8-22(6-4-14(13)21(3)20-15)17(24)12-5-7-25-9-12/h5,7,9-11H,4,6,8H2,1-3H3. The van der Waals surface area contributed by atoms with E-state index in [4.69, 9.17) is 4.42 Å². The van der Waals surface area contributed by atoms with Crippen molar-refractivity contribution < 1.29 is 9.21 Å². The third kappa shape index (κ3) is 2.54. The molecule has 0 unspecified atom stereocenters. The molecule has 0 N–H and O–H groups in total. The molecule has 0 saturated carbocycles. The van der Waals surface area contributed by atoms with E-state index >= 15 is 0 Å². The fraction of sp³-hybridized carbons (Fsp3) is 0.412. The minimum Gasteiger partial charge on any atom is -0.472 e. The Balaban J connectivity index is 1.72. The maximum absolute atomic E-state index is 12.7. The van der Waals surface area contributed by atoms with Crippen molar-refractivity contribution in [3.63, 3.8) is 0 Å². The SMILES string of the molecule is CC(C)n1cnnc1-c1nn(C)c2c1CN(C(=O)c1ccoc1)CC2. The summed E-state index contributed by atoms with van der Waals surface area (Å²) in [5.41, 5.74) is 3.55. The Labute approximate surface area is 145 Å². The Bertz CT molecular complexity index is 906. The molecule has 3 aromatic rings. The maximum atomic E-state index is 12.7. The van der Waals surface area contributed by atoms with E-state index in [1.165, 1.54) is 12.5 Å². The first-order chi connectivity index (χ1) is 12.1. The highest BCUT2D eigenvalue weighted by Gasteiger charge is 2.30. The highest BCUT2D eigenvalue weighted by molar-refractivity contribution is 5.94. The topological polar surface area (TPSA) is 82.0 Å². The molecule has 8 nitrogen and oxygen atoms in total. The van der Waals surface area contributed by atoms with Crippen LogP contribution in [-0.2, 0) is 20.0 Å². The van der Waals surface area contributed by atoms with Crippen LogP contribution in [0, 0.1) is 0 Å². The lowest BCUT2D eigenvalue weighted by Gasteiger charge is -2.27. The summed E-state index contributed by atoms with van der Waals surface area (Å²) in [7, 11) is 1.94. The average molecular weight is 340 g/mol. The predicted molar refractivity (Wildman–Crippen MR) is 89.8 cm³/mol. The van der Waals surface area contributed by atoms with Gasteiger partial charge in [-0.1, -0.05) is 0 Å². The van der Waals surface area contributed by atoms with Crippen molar-refractivity contribution in [2.45, 2.75) is 32.9 Å². The van der Waals surface area contributed by atoms with Crippen molar-refractivity contribution in [1.29, 1.82) is 0 Å². The van der Waals surface area contributed by atoms with Crippen LogP contribution in [0.3, 0.4) is 0 Å². The molecule has 0 aromatic carbocycles. The molecule has 1 amide bonds. The fourth-order valence-corrected chi connectivity index (χ4v) is 3.30. The Morgan fingerprint density at radius 3 is 2.92 bits per heavy atom. The van der Waals surface area contributed by atoms with E-state index in [-0.39, 0.29) is 11.9 Å². The summed E-state index contributed by atoms with van der Waals surface area (Å²) in [4.78, 5) is 14.5. The highest BCUT2D eigenvalue weighted by Crippen LogP contribution is 2.30. The van der Waals surface area contributed by atoms with Crippen LogP contribution in [-0.4, -0.2) is 41.9 Å². The van der Waals surface area contributed by atoms with Gasteiger partial charge in [0, 0.05) is 37.3 Å². The molecular formula is C17H20N6O2. The van der Waals surface area contributed by atoms with Crippen LogP contribution in [0.4, 0.5) is 0 Å². The molecule has 4 heterocycles. The van der Waals surface area contributed by atoms with Crippen molar-refractivity contribution >= 4 is 5.91 Å². The summed E-state index contributed by atoms with van der Waals surface area (Å²) in [5.74, 6) is 0.712. The number of amides is 1. The van der Waals surface area contributed by atoms with E-state index < -0.39 is 0 Å². The van der Waals surface area contributed by atoms with E-state index in [0.29, 0.717) is 18.7 Å². The number of carbonyl (C=O) groups is 1. The highest BCUT2D eigenvalue weighted by atomic mass is 16.3. The van der Waals surface area contributed by atoms with Crippen LogP contribution in [0.1, 0.15) is 41.5 Å². The summed E-state index contributed by atoms with van der Waals surface area (Å²) >= 11 is 0. The van der Waals surface area contributed by atoms with Crippen LogP contribution >= 0.6 is 0 Å². The summed E-state index contributed by atoms with van der Waals surface area (Å²) in [5, 5.41) is 13.0. The zero-order valence-corrected chi connectivity index (χ0v) is 14.5. The van der Waals surface area contributed by atoms with Gasteiger partial charge < -0.3 is 13.9 Å². The monoisotopic (exact) mass is 340 g/mol. The summed E-state index contributed by atoms with van der Waals surface area (Å²) in [6, 6.07) is 1.92. The molecule has 4 rings (SSSR count). The van der Waals surface area contributed by atoms with Crippen molar-refractivity contribution in [2.75, 3.05) is 6.54 Å². The Morgan fingerprint density at radius 2 is 2.20 bits per heavy atom. The normalized spacial score (nSPS) is 14.2. The number of carbonyl (C=O) groups excluding carboxylic acids is 1. The van der Waals surface area contributed by atoms with Gasteiger partial charge in [0.15, 0.2) is 5.82 Å². The van der Waals surface area contributed by atoms with E-state index in [0.717, 1.165) is 29.2 Å². The van der Waals surface area contributed by atoms with Gasteiger partial charge in [0.2, 0.25) is 0 Å². The van der Waals surface area contributed by atoms with Crippen molar-refractivity contribution in [2.24, 2.45) is 7.05 Å². The van der Waals surface area contributed by atoms with Gasteiger partial charge >= 0.3 is 0 Å². The molecule has 0 radical (unpaired) electrons. The average Bonchev–Trinajstić information content (AvgIpc) is 3.34. The van der Waals surface area contributed by atoms with Crippen LogP contribution in [0.5, 0.6) is 0 Å². The second-order valence-electron chi connectivity index (χ2n) is 6.54. The minimum absolute atomic E-state index is 0.0282. The van der Waals surface area contributed by atoms with Gasteiger partial charge in [-0.2, -0.15) is 5.10 Å².